The van der Waals surface area contributed by atoms with Crippen molar-refractivity contribution in [3.63, 3.8) is 0 Å². The molecule has 0 radical (unpaired) electrons. The van der Waals surface area contributed by atoms with Crippen LogP contribution in [0.4, 0.5) is 4.79 Å². The number of hydrogen-bond acceptors (Lipinski definition) is 7. The van der Waals surface area contributed by atoms with Gasteiger partial charge in [0.05, 0.1) is 12.0 Å². The molecule has 2 amide bonds. The lowest BCUT2D eigenvalue weighted by atomic mass is 10.0. The Morgan fingerprint density at radius 3 is 2.08 bits per heavy atom. The lowest BCUT2D eigenvalue weighted by Gasteiger charge is -2.23. The van der Waals surface area contributed by atoms with Gasteiger partial charge in [-0.15, -0.1) is 0 Å². The van der Waals surface area contributed by atoms with Gasteiger partial charge in [0.1, 0.15) is 17.7 Å². The Bertz CT molecular complexity index is 1130. The van der Waals surface area contributed by atoms with Crippen LogP contribution in [0.15, 0.2) is 65.6 Å². The number of hydrogen-bond donors (Lipinski definition) is 3. The summed E-state index contributed by atoms with van der Waals surface area (Å²) in [6.07, 6.45) is -0.146. The summed E-state index contributed by atoms with van der Waals surface area (Å²) in [5.41, 5.74) is 0.126. The minimum Gasteiger partial charge on any atom is -0.467 e. The minimum absolute atomic E-state index is 0.00603. The number of benzene rings is 2. The van der Waals surface area contributed by atoms with E-state index in [0.717, 1.165) is 5.56 Å². The summed E-state index contributed by atoms with van der Waals surface area (Å²) in [7, 11) is -2.83. The van der Waals surface area contributed by atoms with Gasteiger partial charge in [0.15, 0.2) is 0 Å². The minimum atomic E-state index is -4.04. The fourth-order valence-electron chi connectivity index (χ4n) is 3.37. The van der Waals surface area contributed by atoms with Crippen LogP contribution in [0.1, 0.15) is 39.2 Å². The third-order valence-electron chi connectivity index (χ3n) is 5.09. The molecule has 10 nitrogen and oxygen atoms in total. The second kappa shape index (κ2) is 13.8. The predicted molar refractivity (Wildman–Crippen MR) is 138 cm³/mol. The molecule has 0 aliphatic heterocycles. The number of rotatable bonds is 12. The summed E-state index contributed by atoms with van der Waals surface area (Å²) in [6, 6.07) is 14.5. The molecular formula is C26H35N3O7S. The summed E-state index contributed by atoms with van der Waals surface area (Å²) >= 11 is 0. The lowest BCUT2D eigenvalue weighted by Crippen LogP contribution is -2.52. The molecule has 0 aromatic heterocycles. The largest absolute Gasteiger partial charge is 0.467 e. The molecule has 2 rings (SSSR count). The second-order valence-corrected chi connectivity index (χ2v) is 11.0. The van der Waals surface area contributed by atoms with Crippen LogP contribution in [-0.2, 0) is 35.5 Å². The standard InChI is InChI=1S/C26H35N3O7S/c1-26(2,3)36-25(32)27-17-11-16-21(29-37(33,34)20-14-9-6-10-15-20)23(30)28-22(24(31)35-4)18-19-12-7-5-8-13-19/h5-10,12-15,21-22,29H,11,16-18H2,1-4H3,(H,27,32)(H,28,30)/t21-,22+/m1/s1. The average molecular weight is 534 g/mol. The van der Waals surface area contributed by atoms with E-state index in [0.29, 0.717) is 0 Å². The molecule has 37 heavy (non-hydrogen) atoms. The van der Waals surface area contributed by atoms with Gasteiger partial charge in [-0.25, -0.2) is 18.0 Å². The maximum absolute atomic E-state index is 13.2. The number of amides is 2. The van der Waals surface area contributed by atoms with Crippen molar-refractivity contribution in [2.45, 2.75) is 62.6 Å². The topological polar surface area (TPSA) is 140 Å². The summed E-state index contributed by atoms with van der Waals surface area (Å²) < 4.78 is 38.3. The van der Waals surface area contributed by atoms with E-state index < -0.39 is 45.7 Å². The van der Waals surface area contributed by atoms with Gasteiger partial charge in [0, 0.05) is 13.0 Å². The zero-order valence-corrected chi connectivity index (χ0v) is 22.3. The van der Waals surface area contributed by atoms with Crippen molar-refractivity contribution >= 4 is 28.0 Å². The molecule has 0 unspecified atom stereocenters. The fourth-order valence-corrected chi connectivity index (χ4v) is 4.62. The quantitative estimate of drug-likeness (QED) is 0.281. The maximum atomic E-state index is 13.2. The first-order valence-electron chi connectivity index (χ1n) is 11.9. The number of carbonyl (C=O) groups is 3. The third-order valence-corrected chi connectivity index (χ3v) is 6.58. The van der Waals surface area contributed by atoms with Crippen molar-refractivity contribution in [1.29, 1.82) is 0 Å². The molecule has 0 heterocycles. The summed E-state index contributed by atoms with van der Waals surface area (Å²) in [4.78, 5) is 37.5. The lowest BCUT2D eigenvalue weighted by molar-refractivity contribution is -0.145. The van der Waals surface area contributed by atoms with Gasteiger partial charge in [-0.2, -0.15) is 4.72 Å². The van der Waals surface area contributed by atoms with Crippen molar-refractivity contribution in [2.24, 2.45) is 0 Å². The van der Waals surface area contributed by atoms with Gasteiger partial charge in [-0.1, -0.05) is 48.5 Å². The molecule has 0 saturated carbocycles. The molecular weight excluding hydrogens is 498 g/mol. The van der Waals surface area contributed by atoms with E-state index in [1.54, 1.807) is 63.2 Å². The molecule has 2 aromatic rings. The van der Waals surface area contributed by atoms with Crippen LogP contribution in [0.3, 0.4) is 0 Å². The highest BCUT2D eigenvalue weighted by Crippen LogP contribution is 2.12. The first kappa shape index (κ1) is 29.8. The van der Waals surface area contributed by atoms with Crippen LogP contribution in [0, 0.1) is 0 Å². The fraction of sp³-hybridized carbons (Fsp3) is 0.423. The van der Waals surface area contributed by atoms with Crippen LogP contribution in [0.25, 0.3) is 0 Å². The first-order chi connectivity index (χ1) is 17.4. The van der Waals surface area contributed by atoms with Crippen molar-refractivity contribution in [2.75, 3.05) is 13.7 Å². The highest BCUT2D eigenvalue weighted by Gasteiger charge is 2.30. The van der Waals surface area contributed by atoms with Crippen LogP contribution in [0.5, 0.6) is 0 Å². The number of methoxy groups -OCH3 is 1. The molecule has 0 fully saturated rings. The highest BCUT2D eigenvalue weighted by molar-refractivity contribution is 7.89. The average Bonchev–Trinajstić information content (AvgIpc) is 2.85. The number of alkyl carbamates (subject to hydrolysis) is 1. The van der Waals surface area contributed by atoms with Gasteiger partial charge in [0.2, 0.25) is 15.9 Å². The molecule has 2 atom stereocenters. The first-order valence-corrected chi connectivity index (χ1v) is 13.4. The van der Waals surface area contributed by atoms with Crippen LogP contribution in [-0.4, -0.2) is 57.7 Å². The second-order valence-electron chi connectivity index (χ2n) is 9.33. The van der Waals surface area contributed by atoms with E-state index >= 15 is 0 Å². The molecule has 0 aliphatic carbocycles. The Hall–Kier alpha value is -3.44. The smallest absolute Gasteiger partial charge is 0.407 e. The summed E-state index contributed by atoms with van der Waals surface area (Å²) in [5.74, 6) is -1.35. The molecule has 202 valence electrons. The van der Waals surface area contributed by atoms with Crippen LogP contribution in [0.2, 0.25) is 0 Å². The Morgan fingerprint density at radius 1 is 0.919 bits per heavy atom. The zero-order chi connectivity index (χ0) is 27.5. The number of carbonyl (C=O) groups excluding carboxylic acids is 3. The van der Waals surface area contributed by atoms with Gasteiger partial charge in [-0.05, 0) is 51.3 Å². The molecule has 3 N–H and O–H groups in total. The highest BCUT2D eigenvalue weighted by atomic mass is 32.2. The van der Waals surface area contributed by atoms with E-state index in [4.69, 9.17) is 9.47 Å². The number of ether oxygens (including phenoxy) is 2. The van der Waals surface area contributed by atoms with E-state index in [1.807, 2.05) is 6.07 Å². The maximum Gasteiger partial charge on any atom is 0.407 e. The number of sulfonamides is 1. The number of esters is 1. The molecule has 0 aliphatic rings. The summed E-state index contributed by atoms with van der Waals surface area (Å²) in [5, 5.41) is 5.20. The normalized spacial score (nSPS) is 13.2. The van der Waals surface area contributed by atoms with Gasteiger partial charge in [0.25, 0.3) is 0 Å². The SMILES string of the molecule is COC(=O)[C@H](Cc1ccccc1)NC(=O)[C@@H](CCCNC(=O)OC(C)(C)C)NS(=O)(=O)c1ccccc1. The number of nitrogens with one attached hydrogen (secondary N) is 3. The third kappa shape index (κ3) is 10.6. The van der Waals surface area contributed by atoms with Crippen molar-refractivity contribution in [1.82, 2.24) is 15.4 Å². The van der Waals surface area contributed by atoms with Gasteiger partial charge >= 0.3 is 12.1 Å². The molecule has 0 spiro atoms. The Labute approximate surface area is 218 Å². The zero-order valence-electron chi connectivity index (χ0n) is 21.5. The van der Waals surface area contributed by atoms with Crippen molar-refractivity contribution in [3.8, 4) is 0 Å². The Balaban J connectivity index is 2.15. The summed E-state index contributed by atoms with van der Waals surface area (Å²) in [6.45, 7) is 5.35. The van der Waals surface area contributed by atoms with Gasteiger partial charge < -0.3 is 20.1 Å². The monoisotopic (exact) mass is 533 g/mol. The van der Waals surface area contributed by atoms with E-state index in [1.165, 1.54) is 19.2 Å². The Kier molecular flexibility index (Phi) is 11.1. The predicted octanol–water partition coefficient (Wildman–Crippen LogP) is 2.54. The van der Waals surface area contributed by atoms with E-state index in [9.17, 15) is 22.8 Å². The molecule has 0 saturated heterocycles. The van der Waals surface area contributed by atoms with Crippen molar-refractivity contribution in [3.05, 3.63) is 66.2 Å². The van der Waals surface area contributed by atoms with Gasteiger partial charge in [-0.3, -0.25) is 4.79 Å². The van der Waals surface area contributed by atoms with Crippen LogP contribution >= 0.6 is 0 Å². The Morgan fingerprint density at radius 2 is 1.51 bits per heavy atom. The van der Waals surface area contributed by atoms with Crippen LogP contribution < -0.4 is 15.4 Å². The molecule has 0 bridgehead atoms. The molecule has 11 heteroatoms. The van der Waals surface area contributed by atoms with Crippen molar-refractivity contribution < 1.29 is 32.3 Å². The van der Waals surface area contributed by atoms with E-state index in [2.05, 4.69) is 15.4 Å². The molecule has 2 aromatic carbocycles. The van der Waals surface area contributed by atoms with E-state index in [-0.39, 0.29) is 30.7 Å².